The van der Waals surface area contributed by atoms with Gasteiger partial charge in [-0.25, -0.2) is 0 Å². The fourth-order valence-corrected chi connectivity index (χ4v) is 4.59. The lowest BCUT2D eigenvalue weighted by Gasteiger charge is -2.22. The number of hydrogen-bond donors (Lipinski definition) is 1. The standard InChI is InChI=1S/C22H23NO4S/c1-14-8-4-6-10-16(14)19(13-17(21(24)26-2)22(25)27-3)28-20-12-15-9-5-7-11-18(15)23-20/h4-12,17,19,23H,13H2,1-3H3. The van der Waals surface area contributed by atoms with Gasteiger partial charge in [0, 0.05) is 16.2 Å². The van der Waals surface area contributed by atoms with Crippen molar-refractivity contribution in [2.24, 2.45) is 5.92 Å². The average Bonchev–Trinajstić information content (AvgIpc) is 3.12. The van der Waals surface area contributed by atoms with E-state index in [2.05, 4.69) is 11.1 Å². The Morgan fingerprint density at radius 2 is 1.64 bits per heavy atom. The molecule has 3 rings (SSSR count). The van der Waals surface area contributed by atoms with Crippen LogP contribution in [0.1, 0.15) is 22.8 Å². The summed E-state index contributed by atoms with van der Waals surface area (Å²) in [6.45, 7) is 2.03. The molecule has 1 heterocycles. The van der Waals surface area contributed by atoms with Gasteiger partial charge in [0.05, 0.1) is 19.2 Å². The molecule has 28 heavy (non-hydrogen) atoms. The molecule has 0 saturated carbocycles. The molecule has 0 radical (unpaired) electrons. The number of thioether (sulfide) groups is 1. The molecule has 0 aliphatic carbocycles. The minimum atomic E-state index is -0.975. The van der Waals surface area contributed by atoms with Crippen molar-refractivity contribution in [3.63, 3.8) is 0 Å². The van der Waals surface area contributed by atoms with E-state index in [1.807, 2.05) is 55.5 Å². The first kappa shape index (κ1) is 20.0. The van der Waals surface area contributed by atoms with Crippen molar-refractivity contribution < 1.29 is 19.1 Å². The van der Waals surface area contributed by atoms with Gasteiger partial charge in [-0.15, -0.1) is 11.8 Å². The lowest BCUT2D eigenvalue weighted by Crippen LogP contribution is -2.28. The molecule has 0 aliphatic rings. The second-order valence-electron chi connectivity index (χ2n) is 6.52. The molecule has 1 atom stereocenters. The lowest BCUT2D eigenvalue weighted by atomic mass is 9.96. The Kier molecular flexibility index (Phi) is 6.41. The van der Waals surface area contributed by atoms with Crippen molar-refractivity contribution in [1.82, 2.24) is 4.98 Å². The van der Waals surface area contributed by atoms with Gasteiger partial charge in [0.15, 0.2) is 5.92 Å². The van der Waals surface area contributed by atoms with Crippen molar-refractivity contribution in [2.45, 2.75) is 23.6 Å². The van der Waals surface area contributed by atoms with Crippen molar-refractivity contribution in [3.05, 3.63) is 65.7 Å². The highest BCUT2D eigenvalue weighted by atomic mass is 32.2. The summed E-state index contributed by atoms with van der Waals surface area (Å²) in [5.74, 6) is -2.14. The van der Waals surface area contributed by atoms with Gasteiger partial charge in [0.1, 0.15) is 0 Å². The van der Waals surface area contributed by atoms with Crippen LogP contribution in [0.3, 0.4) is 0 Å². The van der Waals surface area contributed by atoms with Crippen LogP contribution in [0.2, 0.25) is 0 Å². The minimum Gasteiger partial charge on any atom is -0.468 e. The molecular weight excluding hydrogens is 374 g/mol. The van der Waals surface area contributed by atoms with Crippen molar-refractivity contribution in [2.75, 3.05) is 14.2 Å². The summed E-state index contributed by atoms with van der Waals surface area (Å²) in [6.07, 6.45) is 0.282. The third-order valence-electron chi connectivity index (χ3n) is 4.73. The predicted octanol–water partition coefficient (Wildman–Crippen LogP) is 4.66. The van der Waals surface area contributed by atoms with Gasteiger partial charge in [-0.05, 0) is 36.6 Å². The van der Waals surface area contributed by atoms with E-state index in [1.54, 1.807) is 11.8 Å². The smallest absolute Gasteiger partial charge is 0.320 e. The van der Waals surface area contributed by atoms with E-state index in [0.29, 0.717) is 0 Å². The Hall–Kier alpha value is -2.73. The quantitative estimate of drug-likeness (QED) is 0.357. The molecule has 146 valence electrons. The summed E-state index contributed by atoms with van der Waals surface area (Å²) in [5.41, 5.74) is 3.22. The molecule has 5 nitrogen and oxygen atoms in total. The molecule has 1 aromatic heterocycles. The first-order chi connectivity index (χ1) is 13.5. The van der Waals surface area contributed by atoms with Crippen LogP contribution in [0.15, 0.2) is 59.6 Å². The Morgan fingerprint density at radius 3 is 2.29 bits per heavy atom. The number of esters is 2. The molecule has 0 aliphatic heterocycles. The van der Waals surface area contributed by atoms with E-state index >= 15 is 0 Å². The van der Waals surface area contributed by atoms with Gasteiger partial charge in [0.25, 0.3) is 0 Å². The highest BCUT2D eigenvalue weighted by Crippen LogP contribution is 2.42. The normalized spacial score (nSPS) is 12.1. The zero-order valence-corrected chi connectivity index (χ0v) is 16.9. The van der Waals surface area contributed by atoms with Crippen LogP contribution >= 0.6 is 11.8 Å². The number of ether oxygens (including phenoxy) is 2. The molecule has 3 aromatic rings. The molecule has 6 heteroatoms. The molecule has 0 fully saturated rings. The number of benzene rings is 2. The van der Waals surface area contributed by atoms with Crippen LogP contribution in [0.5, 0.6) is 0 Å². The van der Waals surface area contributed by atoms with E-state index < -0.39 is 17.9 Å². The third-order valence-corrected chi connectivity index (χ3v) is 5.94. The van der Waals surface area contributed by atoms with Crippen LogP contribution in [0, 0.1) is 12.8 Å². The summed E-state index contributed by atoms with van der Waals surface area (Å²) < 4.78 is 9.69. The number of rotatable bonds is 7. The molecular formula is C22H23NO4S. The second kappa shape index (κ2) is 8.97. The second-order valence-corrected chi connectivity index (χ2v) is 7.76. The third kappa shape index (κ3) is 4.39. The van der Waals surface area contributed by atoms with Crippen molar-refractivity contribution in [3.8, 4) is 0 Å². The van der Waals surface area contributed by atoms with E-state index in [1.165, 1.54) is 14.2 Å². The predicted molar refractivity (Wildman–Crippen MR) is 110 cm³/mol. The Balaban J connectivity index is 1.95. The fraction of sp³-hybridized carbons (Fsp3) is 0.273. The Morgan fingerprint density at radius 1 is 1.00 bits per heavy atom. The molecule has 0 amide bonds. The lowest BCUT2D eigenvalue weighted by molar-refractivity contribution is -0.159. The molecule has 0 saturated heterocycles. The number of nitrogens with one attached hydrogen (secondary N) is 1. The number of carbonyl (C=O) groups excluding carboxylic acids is 2. The fourth-order valence-electron chi connectivity index (χ4n) is 3.24. The maximum atomic E-state index is 12.2. The summed E-state index contributed by atoms with van der Waals surface area (Å²) in [5, 5.41) is 1.96. The number of para-hydroxylation sites is 1. The summed E-state index contributed by atoms with van der Waals surface area (Å²) in [4.78, 5) is 27.8. The maximum Gasteiger partial charge on any atom is 0.320 e. The van der Waals surface area contributed by atoms with Gasteiger partial charge >= 0.3 is 11.9 Å². The Labute approximate surface area is 168 Å². The number of aryl methyl sites for hydroxylation is 1. The van der Waals surface area contributed by atoms with Gasteiger partial charge in [0.2, 0.25) is 0 Å². The number of aromatic amines is 1. The highest BCUT2D eigenvalue weighted by molar-refractivity contribution is 7.99. The van der Waals surface area contributed by atoms with Crippen molar-refractivity contribution in [1.29, 1.82) is 0 Å². The largest absolute Gasteiger partial charge is 0.468 e. The molecule has 0 bridgehead atoms. The van der Waals surface area contributed by atoms with Crippen LogP contribution in [0.4, 0.5) is 0 Å². The number of methoxy groups -OCH3 is 2. The van der Waals surface area contributed by atoms with Gasteiger partial charge < -0.3 is 14.5 Å². The zero-order chi connectivity index (χ0) is 20.1. The monoisotopic (exact) mass is 397 g/mol. The van der Waals surface area contributed by atoms with Crippen LogP contribution in [-0.2, 0) is 19.1 Å². The van der Waals surface area contributed by atoms with Gasteiger partial charge in [-0.3, -0.25) is 9.59 Å². The number of aromatic nitrogens is 1. The van der Waals surface area contributed by atoms with E-state index in [-0.39, 0.29) is 11.7 Å². The topological polar surface area (TPSA) is 68.4 Å². The average molecular weight is 397 g/mol. The Bertz CT molecular complexity index is 932. The number of carbonyl (C=O) groups is 2. The van der Waals surface area contributed by atoms with E-state index in [9.17, 15) is 9.59 Å². The molecule has 1 N–H and O–H groups in total. The molecule has 1 unspecified atom stereocenters. The first-order valence-corrected chi connectivity index (χ1v) is 9.87. The molecule has 2 aromatic carbocycles. The van der Waals surface area contributed by atoms with Gasteiger partial charge in [-0.1, -0.05) is 42.5 Å². The number of hydrogen-bond acceptors (Lipinski definition) is 5. The maximum absolute atomic E-state index is 12.2. The van der Waals surface area contributed by atoms with Crippen molar-refractivity contribution >= 4 is 34.6 Å². The number of H-pyrrole nitrogens is 1. The zero-order valence-electron chi connectivity index (χ0n) is 16.1. The summed E-state index contributed by atoms with van der Waals surface area (Å²) in [7, 11) is 2.57. The molecule has 0 spiro atoms. The van der Waals surface area contributed by atoms with Crippen LogP contribution in [-0.4, -0.2) is 31.1 Å². The summed E-state index contributed by atoms with van der Waals surface area (Å²) >= 11 is 1.59. The SMILES string of the molecule is COC(=O)C(CC(Sc1cc2ccccc2[nH]1)c1ccccc1C)C(=O)OC. The van der Waals surface area contributed by atoms with E-state index in [0.717, 1.165) is 27.1 Å². The van der Waals surface area contributed by atoms with E-state index in [4.69, 9.17) is 9.47 Å². The summed E-state index contributed by atoms with van der Waals surface area (Å²) in [6, 6.07) is 18.1. The van der Waals surface area contributed by atoms with Crippen LogP contribution in [0.25, 0.3) is 10.9 Å². The first-order valence-electron chi connectivity index (χ1n) is 8.99. The minimum absolute atomic E-state index is 0.127. The highest BCUT2D eigenvalue weighted by Gasteiger charge is 2.33. The van der Waals surface area contributed by atoms with Crippen LogP contribution < -0.4 is 0 Å². The number of fused-ring (bicyclic) bond motifs is 1. The van der Waals surface area contributed by atoms with Gasteiger partial charge in [-0.2, -0.15) is 0 Å².